The molecule has 4 aliphatic rings. The second kappa shape index (κ2) is 10.7. The highest BCUT2D eigenvalue weighted by molar-refractivity contribution is 9.10. The van der Waals surface area contributed by atoms with Gasteiger partial charge in [-0.05, 0) is 70.7 Å². The van der Waals surface area contributed by atoms with Crippen LogP contribution in [0.25, 0.3) is 0 Å². The minimum absolute atomic E-state index is 0.00384. The molecule has 2 amide bonds. The molecule has 0 unspecified atom stereocenters. The molecule has 11 heteroatoms. The number of ether oxygens (including phenoxy) is 2. The van der Waals surface area contributed by atoms with Crippen molar-refractivity contribution in [1.82, 2.24) is 9.97 Å². The molecular weight excluding hydrogens is 608 g/mol. The number of nitrogens with zero attached hydrogens (tertiary/aromatic N) is 3. The highest BCUT2D eigenvalue weighted by Crippen LogP contribution is 2.43. The van der Waals surface area contributed by atoms with Gasteiger partial charge in [-0.3, -0.25) is 14.5 Å². The molecule has 0 saturated carbocycles. The lowest BCUT2D eigenvalue weighted by molar-refractivity contribution is -0.129. The van der Waals surface area contributed by atoms with Crippen LogP contribution in [-0.4, -0.2) is 65.5 Å². The highest BCUT2D eigenvalue weighted by Gasteiger charge is 2.44. The highest BCUT2D eigenvalue weighted by atomic mass is 79.9. The van der Waals surface area contributed by atoms with Crippen LogP contribution in [0.2, 0.25) is 0 Å². The summed E-state index contributed by atoms with van der Waals surface area (Å²) in [5.41, 5.74) is 1.23. The van der Waals surface area contributed by atoms with E-state index in [0.717, 1.165) is 39.5 Å². The van der Waals surface area contributed by atoms with E-state index in [9.17, 15) is 14.7 Å². The fraction of sp³-hybridized carbons (Fsp3) is 0.538. The van der Waals surface area contributed by atoms with E-state index in [4.69, 9.17) is 9.47 Å². The number of hydrogen-bond donors (Lipinski definition) is 2. The van der Waals surface area contributed by atoms with Crippen LogP contribution in [0.15, 0.2) is 33.5 Å². The van der Waals surface area contributed by atoms with Crippen molar-refractivity contribution in [2.24, 2.45) is 11.8 Å². The van der Waals surface area contributed by atoms with Gasteiger partial charge in [0.2, 0.25) is 11.8 Å². The molecule has 0 radical (unpaired) electrons. The summed E-state index contributed by atoms with van der Waals surface area (Å²) < 4.78 is 12.7. The second-order valence-electron chi connectivity index (χ2n) is 10.5. The third-order valence-corrected chi connectivity index (χ3v) is 8.09. The lowest BCUT2D eigenvalue weighted by Crippen LogP contribution is -2.51. The number of aliphatic hydroxyl groups is 1. The molecule has 2 aromatic rings. The number of β-amino-alcohol motifs (C(OH)–C–C–N with tert-alkyl or cyclic N) is 1. The van der Waals surface area contributed by atoms with Gasteiger partial charge in [0.05, 0.1) is 37.2 Å². The molecule has 4 atom stereocenters. The molecule has 0 aliphatic carbocycles. The standard InChI is InChI=1S/C15H19BrN2O3.C11H11BrN2O2/c1-15(2,20)8-18-13-11(5-9(16)6-17-13)10-3-4-21-7-12(10)14(18)19;12-6-3-8-7-1-2-16-5-9(7)11(15)14-10(8)13-4-6/h5-6,10,12,20H,3-4,7-8H2,1-2H3;3-4,7,9H,1-2,5H2,(H,13,14,15)/t10-,12+;7-,9+/m00/s1. The van der Waals surface area contributed by atoms with Gasteiger partial charge in [0.15, 0.2) is 0 Å². The van der Waals surface area contributed by atoms with Crippen LogP contribution >= 0.6 is 31.9 Å². The number of rotatable bonds is 2. The number of amides is 2. The molecule has 4 aliphatic heterocycles. The minimum Gasteiger partial charge on any atom is -0.389 e. The molecule has 2 N–H and O–H groups in total. The zero-order valence-corrected chi connectivity index (χ0v) is 23.9. The molecule has 6 rings (SSSR count). The van der Waals surface area contributed by atoms with Crippen molar-refractivity contribution in [3.8, 4) is 0 Å². The lowest BCUT2D eigenvalue weighted by atomic mass is 9.79. The lowest BCUT2D eigenvalue weighted by Gasteiger charge is -2.42. The number of carbonyl (C=O) groups is 2. The smallest absolute Gasteiger partial charge is 0.234 e. The first-order chi connectivity index (χ1) is 17.6. The Labute approximate surface area is 232 Å². The summed E-state index contributed by atoms with van der Waals surface area (Å²) in [4.78, 5) is 34.9. The molecule has 0 spiro atoms. The quantitative estimate of drug-likeness (QED) is 0.512. The number of carbonyl (C=O) groups excluding carboxylic acids is 2. The summed E-state index contributed by atoms with van der Waals surface area (Å²) in [7, 11) is 0. The number of fused-ring (bicyclic) bond motifs is 6. The van der Waals surface area contributed by atoms with Gasteiger partial charge in [0.25, 0.3) is 0 Å². The first kappa shape index (κ1) is 26.7. The predicted octanol–water partition coefficient (Wildman–Crippen LogP) is 4.00. The molecule has 37 heavy (non-hydrogen) atoms. The Hall–Kier alpha value is -1.92. The third kappa shape index (κ3) is 5.61. The van der Waals surface area contributed by atoms with Crippen LogP contribution in [0.5, 0.6) is 0 Å². The molecule has 198 valence electrons. The van der Waals surface area contributed by atoms with Crippen molar-refractivity contribution in [2.45, 2.75) is 44.1 Å². The van der Waals surface area contributed by atoms with E-state index in [1.807, 2.05) is 12.1 Å². The van der Waals surface area contributed by atoms with E-state index in [-0.39, 0.29) is 42.0 Å². The van der Waals surface area contributed by atoms with Gasteiger partial charge >= 0.3 is 0 Å². The van der Waals surface area contributed by atoms with Crippen LogP contribution in [0, 0.1) is 11.8 Å². The van der Waals surface area contributed by atoms with Gasteiger partial charge in [-0.1, -0.05) is 0 Å². The van der Waals surface area contributed by atoms with E-state index in [2.05, 4.69) is 47.1 Å². The fourth-order valence-corrected chi connectivity index (χ4v) is 6.26. The maximum absolute atomic E-state index is 12.8. The number of aromatic nitrogens is 2. The van der Waals surface area contributed by atoms with Crippen LogP contribution < -0.4 is 10.2 Å². The summed E-state index contributed by atoms with van der Waals surface area (Å²) in [6, 6.07) is 4.08. The zero-order chi connectivity index (χ0) is 26.3. The Morgan fingerprint density at radius 2 is 1.57 bits per heavy atom. The van der Waals surface area contributed by atoms with Crippen molar-refractivity contribution in [2.75, 3.05) is 43.2 Å². The first-order valence-corrected chi connectivity index (χ1v) is 14.0. The number of halogens is 2. The summed E-state index contributed by atoms with van der Waals surface area (Å²) in [6.07, 6.45) is 5.13. The SMILES string of the molecule is CC(C)(O)CN1C(=O)[C@@H]2COCC[C@H]2c2cc(Br)cnc21.O=C1Nc2ncc(Br)cc2[C@@H]2CCOC[C@@H]12. The van der Waals surface area contributed by atoms with Gasteiger partial charge < -0.3 is 19.9 Å². The van der Waals surface area contributed by atoms with E-state index >= 15 is 0 Å². The Morgan fingerprint density at radius 1 is 0.973 bits per heavy atom. The van der Waals surface area contributed by atoms with E-state index in [1.165, 1.54) is 0 Å². The van der Waals surface area contributed by atoms with Gasteiger partial charge in [-0.15, -0.1) is 0 Å². The summed E-state index contributed by atoms with van der Waals surface area (Å²) >= 11 is 6.87. The van der Waals surface area contributed by atoms with Crippen LogP contribution in [-0.2, 0) is 19.1 Å². The van der Waals surface area contributed by atoms with Gasteiger partial charge in [0.1, 0.15) is 11.6 Å². The van der Waals surface area contributed by atoms with Crippen molar-refractivity contribution >= 4 is 55.3 Å². The summed E-state index contributed by atoms with van der Waals surface area (Å²) in [5, 5.41) is 12.9. The van der Waals surface area contributed by atoms with Crippen molar-refractivity contribution in [1.29, 1.82) is 0 Å². The molecule has 0 aromatic carbocycles. The van der Waals surface area contributed by atoms with Crippen LogP contribution in [0.1, 0.15) is 49.7 Å². The Bertz CT molecular complexity index is 1200. The number of hydrogen-bond acceptors (Lipinski definition) is 7. The maximum atomic E-state index is 12.8. The molecular formula is C26H30Br2N4O5. The third-order valence-electron chi connectivity index (χ3n) is 7.22. The van der Waals surface area contributed by atoms with Gasteiger partial charge in [-0.25, -0.2) is 9.97 Å². The normalized spacial score (nSPS) is 26.6. The largest absolute Gasteiger partial charge is 0.389 e. The molecule has 9 nitrogen and oxygen atoms in total. The van der Waals surface area contributed by atoms with E-state index in [1.54, 1.807) is 31.1 Å². The van der Waals surface area contributed by atoms with Crippen LogP contribution in [0.3, 0.4) is 0 Å². The summed E-state index contributed by atoms with van der Waals surface area (Å²) in [5.74, 6) is 1.59. The molecule has 2 fully saturated rings. The van der Waals surface area contributed by atoms with Crippen molar-refractivity contribution in [3.05, 3.63) is 44.6 Å². The van der Waals surface area contributed by atoms with Crippen molar-refractivity contribution < 1.29 is 24.2 Å². The number of pyridine rings is 2. The Morgan fingerprint density at radius 3 is 2.24 bits per heavy atom. The predicted molar refractivity (Wildman–Crippen MR) is 144 cm³/mol. The Kier molecular flexibility index (Phi) is 7.70. The maximum Gasteiger partial charge on any atom is 0.234 e. The van der Waals surface area contributed by atoms with E-state index < -0.39 is 5.60 Å². The zero-order valence-electron chi connectivity index (χ0n) is 20.7. The monoisotopic (exact) mass is 636 g/mol. The van der Waals surface area contributed by atoms with Crippen LogP contribution in [0.4, 0.5) is 11.6 Å². The number of nitrogens with one attached hydrogen (secondary N) is 1. The first-order valence-electron chi connectivity index (χ1n) is 12.4. The Balaban J connectivity index is 0.000000157. The molecule has 0 bridgehead atoms. The van der Waals surface area contributed by atoms with E-state index in [0.29, 0.717) is 31.5 Å². The second-order valence-corrected chi connectivity index (χ2v) is 12.4. The molecule has 2 saturated heterocycles. The van der Waals surface area contributed by atoms with Crippen molar-refractivity contribution in [3.63, 3.8) is 0 Å². The fourth-order valence-electron chi connectivity index (χ4n) is 5.56. The minimum atomic E-state index is -0.968. The molecule has 2 aromatic heterocycles. The van der Waals surface area contributed by atoms with Gasteiger partial charge in [0, 0.05) is 57.5 Å². The van der Waals surface area contributed by atoms with Gasteiger partial charge in [-0.2, -0.15) is 0 Å². The average Bonchev–Trinajstić information content (AvgIpc) is 2.87. The molecule has 6 heterocycles. The topological polar surface area (TPSA) is 114 Å². The summed E-state index contributed by atoms with van der Waals surface area (Å²) in [6.45, 7) is 5.98. The number of anilines is 2. The average molecular weight is 638 g/mol.